The van der Waals surface area contributed by atoms with Crippen molar-refractivity contribution in [2.45, 2.75) is 71.3 Å². The first-order valence-electron chi connectivity index (χ1n) is 9.72. The highest BCUT2D eigenvalue weighted by Gasteiger charge is 2.20. The summed E-state index contributed by atoms with van der Waals surface area (Å²) in [7, 11) is 0. The molecule has 0 bridgehead atoms. The third kappa shape index (κ3) is 5.83. The lowest BCUT2D eigenvalue weighted by Crippen LogP contribution is -2.36. The molecule has 0 aliphatic heterocycles. The van der Waals surface area contributed by atoms with E-state index in [-0.39, 0.29) is 17.9 Å². The summed E-state index contributed by atoms with van der Waals surface area (Å²) in [6.07, 6.45) is 8.72. The van der Waals surface area contributed by atoms with E-state index >= 15 is 0 Å². The Kier molecular flexibility index (Phi) is 7.89. The number of carbonyl (C=O) groups is 2. The zero-order valence-electron chi connectivity index (χ0n) is 15.6. The fraction of sp³-hybridized carbons (Fsp3) is 0.650. The van der Waals surface area contributed by atoms with Crippen molar-refractivity contribution in [2.75, 3.05) is 13.1 Å². The molecular weight excluding hydrogens is 314 g/mol. The lowest BCUT2D eigenvalue weighted by Gasteiger charge is -2.21. The van der Waals surface area contributed by atoms with Gasteiger partial charge in [0.15, 0.2) is 0 Å². The summed E-state index contributed by atoms with van der Waals surface area (Å²) in [5.74, 6) is -0.258. The summed E-state index contributed by atoms with van der Waals surface area (Å²) < 4.78 is 0. The van der Waals surface area contributed by atoms with E-state index in [1.54, 1.807) is 18.2 Å². The highest BCUT2D eigenvalue weighted by molar-refractivity contribution is 5.96. The molecule has 2 amide bonds. The summed E-state index contributed by atoms with van der Waals surface area (Å²) in [5, 5.41) is 3.09. The number of nitrogens with zero attached hydrogens (tertiary/aromatic N) is 2. The zero-order valence-corrected chi connectivity index (χ0v) is 15.6. The molecule has 1 aliphatic carbocycles. The lowest BCUT2D eigenvalue weighted by molar-refractivity contribution is 0.0749. The third-order valence-corrected chi connectivity index (χ3v) is 4.67. The van der Waals surface area contributed by atoms with Crippen molar-refractivity contribution in [2.24, 2.45) is 0 Å². The van der Waals surface area contributed by atoms with E-state index < -0.39 is 0 Å². The largest absolute Gasteiger partial charge is 0.348 e. The van der Waals surface area contributed by atoms with Crippen LogP contribution in [0.1, 0.15) is 86.2 Å². The van der Waals surface area contributed by atoms with Gasteiger partial charge in [-0.1, -0.05) is 45.6 Å². The maximum atomic E-state index is 12.7. The first-order valence-corrected chi connectivity index (χ1v) is 9.72. The molecule has 138 valence electrons. The topological polar surface area (TPSA) is 62.3 Å². The second kappa shape index (κ2) is 10.2. The molecule has 1 fully saturated rings. The van der Waals surface area contributed by atoms with Crippen LogP contribution in [0.15, 0.2) is 18.2 Å². The van der Waals surface area contributed by atoms with Crippen molar-refractivity contribution < 1.29 is 9.59 Å². The van der Waals surface area contributed by atoms with Crippen molar-refractivity contribution >= 4 is 11.8 Å². The van der Waals surface area contributed by atoms with E-state index in [0.717, 1.165) is 25.7 Å². The summed E-state index contributed by atoms with van der Waals surface area (Å²) >= 11 is 0. The van der Waals surface area contributed by atoms with Crippen LogP contribution in [0.4, 0.5) is 0 Å². The Hall–Kier alpha value is -1.91. The number of rotatable bonds is 7. The lowest BCUT2D eigenvalue weighted by atomic mass is 10.1. The summed E-state index contributed by atoms with van der Waals surface area (Å²) in [6.45, 7) is 5.54. The van der Waals surface area contributed by atoms with Gasteiger partial charge in [0, 0.05) is 19.1 Å². The van der Waals surface area contributed by atoms with Gasteiger partial charge in [0.05, 0.1) is 0 Å². The molecule has 0 unspecified atom stereocenters. The van der Waals surface area contributed by atoms with Gasteiger partial charge < -0.3 is 10.2 Å². The molecule has 1 aliphatic rings. The van der Waals surface area contributed by atoms with Crippen LogP contribution in [0.25, 0.3) is 0 Å². The first-order chi connectivity index (χ1) is 12.2. The number of hydrogen-bond acceptors (Lipinski definition) is 3. The molecule has 5 nitrogen and oxygen atoms in total. The molecule has 0 atom stereocenters. The van der Waals surface area contributed by atoms with E-state index in [0.29, 0.717) is 24.5 Å². The van der Waals surface area contributed by atoms with Crippen LogP contribution >= 0.6 is 0 Å². The summed E-state index contributed by atoms with van der Waals surface area (Å²) in [5.41, 5.74) is 0.693. The zero-order chi connectivity index (χ0) is 18.1. The number of carbonyl (C=O) groups excluding carboxylic acids is 2. The molecule has 0 aromatic carbocycles. The molecular formula is C20H31N3O2. The molecule has 0 radical (unpaired) electrons. The highest BCUT2D eigenvalue weighted by atomic mass is 16.2. The number of nitrogens with one attached hydrogen (secondary N) is 1. The maximum absolute atomic E-state index is 12.7. The van der Waals surface area contributed by atoms with Crippen molar-refractivity contribution in [3.05, 3.63) is 29.6 Å². The smallest absolute Gasteiger partial charge is 0.272 e. The molecule has 0 spiro atoms. The maximum Gasteiger partial charge on any atom is 0.272 e. The number of hydrogen-bond donors (Lipinski definition) is 1. The van der Waals surface area contributed by atoms with Gasteiger partial charge in [-0.3, -0.25) is 9.59 Å². The summed E-state index contributed by atoms with van der Waals surface area (Å²) in [4.78, 5) is 31.3. The quantitative estimate of drug-likeness (QED) is 0.765. The van der Waals surface area contributed by atoms with E-state index in [1.165, 1.54) is 25.7 Å². The van der Waals surface area contributed by atoms with Crippen molar-refractivity contribution in [3.63, 3.8) is 0 Å². The van der Waals surface area contributed by atoms with Crippen LogP contribution in [-0.4, -0.2) is 40.8 Å². The van der Waals surface area contributed by atoms with E-state index in [4.69, 9.17) is 0 Å². The molecule has 1 saturated carbocycles. The molecule has 1 N–H and O–H groups in total. The normalized spacial score (nSPS) is 15.4. The predicted molar refractivity (Wildman–Crippen MR) is 99.7 cm³/mol. The van der Waals surface area contributed by atoms with Gasteiger partial charge in [-0.05, 0) is 37.8 Å². The monoisotopic (exact) mass is 345 g/mol. The van der Waals surface area contributed by atoms with Crippen LogP contribution < -0.4 is 5.32 Å². The van der Waals surface area contributed by atoms with Gasteiger partial charge in [-0.15, -0.1) is 0 Å². The van der Waals surface area contributed by atoms with Gasteiger partial charge in [0.2, 0.25) is 0 Å². The van der Waals surface area contributed by atoms with E-state index in [1.807, 2.05) is 4.90 Å². The van der Waals surface area contributed by atoms with Crippen LogP contribution in [0, 0.1) is 0 Å². The van der Waals surface area contributed by atoms with Crippen LogP contribution in [0.5, 0.6) is 0 Å². The molecule has 5 heteroatoms. The molecule has 2 rings (SSSR count). The number of aromatic nitrogens is 1. The molecule has 1 heterocycles. The Morgan fingerprint density at radius 2 is 1.64 bits per heavy atom. The first kappa shape index (κ1) is 19.4. The standard InChI is InChI=1S/C20H31N3O2/c1-3-14-23(15-4-2)20(25)18-13-9-12-17(22-18)19(24)21-16-10-7-5-6-8-11-16/h9,12-13,16H,3-8,10-11,14-15H2,1-2H3,(H,21,24). The Morgan fingerprint density at radius 3 is 2.24 bits per heavy atom. The minimum Gasteiger partial charge on any atom is -0.348 e. The Balaban J connectivity index is 2.06. The average Bonchev–Trinajstić information content (AvgIpc) is 2.89. The van der Waals surface area contributed by atoms with Crippen molar-refractivity contribution in [3.8, 4) is 0 Å². The third-order valence-electron chi connectivity index (χ3n) is 4.67. The summed E-state index contributed by atoms with van der Waals surface area (Å²) in [6, 6.07) is 5.36. The van der Waals surface area contributed by atoms with Gasteiger partial charge in [0.25, 0.3) is 11.8 Å². The number of pyridine rings is 1. The fourth-order valence-electron chi connectivity index (χ4n) is 3.38. The number of amides is 2. The highest BCUT2D eigenvalue weighted by Crippen LogP contribution is 2.17. The van der Waals surface area contributed by atoms with Crippen LogP contribution in [-0.2, 0) is 0 Å². The van der Waals surface area contributed by atoms with Gasteiger partial charge >= 0.3 is 0 Å². The second-order valence-electron chi connectivity index (χ2n) is 6.86. The van der Waals surface area contributed by atoms with Gasteiger partial charge in [0.1, 0.15) is 11.4 Å². The average molecular weight is 345 g/mol. The van der Waals surface area contributed by atoms with E-state index in [2.05, 4.69) is 24.1 Å². The van der Waals surface area contributed by atoms with E-state index in [9.17, 15) is 9.59 Å². The van der Waals surface area contributed by atoms with Crippen LogP contribution in [0.3, 0.4) is 0 Å². The second-order valence-corrected chi connectivity index (χ2v) is 6.86. The predicted octanol–water partition coefficient (Wildman–Crippen LogP) is 3.80. The molecule has 0 saturated heterocycles. The Labute approximate surface area is 151 Å². The molecule has 1 aromatic rings. The fourth-order valence-corrected chi connectivity index (χ4v) is 3.38. The van der Waals surface area contributed by atoms with Crippen molar-refractivity contribution in [1.29, 1.82) is 0 Å². The SMILES string of the molecule is CCCN(CCC)C(=O)c1cccc(C(=O)NC2CCCCCC2)n1. The van der Waals surface area contributed by atoms with Crippen LogP contribution in [0.2, 0.25) is 0 Å². The Morgan fingerprint density at radius 1 is 1.04 bits per heavy atom. The minimum absolute atomic E-state index is 0.0900. The van der Waals surface area contributed by atoms with Crippen molar-refractivity contribution in [1.82, 2.24) is 15.2 Å². The Bertz CT molecular complexity index is 560. The van der Waals surface area contributed by atoms with Gasteiger partial charge in [-0.25, -0.2) is 4.98 Å². The molecule has 1 aromatic heterocycles. The minimum atomic E-state index is -0.168. The molecule has 25 heavy (non-hydrogen) atoms. The van der Waals surface area contributed by atoms with Gasteiger partial charge in [-0.2, -0.15) is 0 Å².